The van der Waals surface area contributed by atoms with Gasteiger partial charge in [0.1, 0.15) is 6.04 Å². The molecule has 3 atom stereocenters. The minimum absolute atomic E-state index is 0.110. The molecule has 0 radical (unpaired) electrons. The molecule has 1 saturated heterocycles. The Kier molecular flexibility index (Phi) is 4.95. The molecule has 1 heterocycles. The highest BCUT2D eigenvalue weighted by Crippen LogP contribution is 2.17. The minimum atomic E-state index is -1.01. The van der Waals surface area contributed by atoms with Crippen LogP contribution >= 0.6 is 0 Å². The van der Waals surface area contributed by atoms with E-state index in [0.717, 1.165) is 6.42 Å². The summed E-state index contributed by atoms with van der Waals surface area (Å²) >= 11 is 0. The van der Waals surface area contributed by atoms with E-state index in [9.17, 15) is 9.59 Å². The van der Waals surface area contributed by atoms with Crippen LogP contribution in [0.4, 0.5) is 4.79 Å². The van der Waals surface area contributed by atoms with E-state index in [1.165, 1.54) is 0 Å². The molecule has 3 N–H and O–H groups in total. The van der Waals surface area contributed by atoms with Crippen molar-refractivity contribution in [3.8, 4) is 0 Å². The van der Waals surface area contributed by atoms with E-state index >= 15 is 0 Å². The molecule has 0 spiro atoms. The lowest BCUT2D eigenvalue weighted by molar-refractivity contribution is -0.140. The molecule has 1 aliphatic rings. The van der Waals surface area contributed by atoms with Gasteiger partial charge < -0.3 is 20.5 Å². The van der Waals surface area contributed by atoms with Crippen molar-refractivity contribution < 1.29 is 19.4 Å². The van der Waals surface area contributed by atoms with Crippen LogP contribution in [-0.2, 0) is 9.53 Å². The van der Waals surface area contributed by atoms with Crippen molar-refractivity contribution >= 4 is 12.0 Å². The number of rotatable bonds is 5. The third kappa shape index (κ3) is 3.87. The molecule has 104 valence electrons. The number of carbonyl (C=O) groups excluding carboxylic acids is 1. The minimum Gasteiger partial charge on any atom is -0.480 e. The molecule has 1 fully saturated rings. The molecule has 1 aliphatic heterocycles. The molecule has 0 aromatic rings. The summed E-state index contributed by atoms with van der Waals surface area (Å²) in [4.78, 5) is 22.9. The van der Waals surface area contributed by atoms with Crippen molar-refractivity contribution in [1.29, 1.82) is 0 Å². The number of hydrogen-bond acceptors (Lipinski definition) is 3. The number of carbonyl (C=O) groups is 2. The summed E-state index contributed by atoms with van der Waals surface area (Å²) in [6, 6.07) is -1.31. The molecule has 18 heavy (non-hydrogen) atoms. The van der Waals surface area contributed by atoms with Gasteiger partial charge >= 0.3 is 12.0 Å². The van der Waals surface area contributed by atoms with Gasteiger partial charge in [-0.2, -0.15) is 0 Å². The van der Waals surface area contributed by atoms with Gasteiger partial charge in [-0.05, 0) is 19.3 Å². The zero-order valence-electron chi connectivity index (χ0n) is 11.2. The normalized spacial score (nSPS) is 26.4. The van der Waals surface area contributed by atoms with Gasteiger partial charge in [-0.1, -0.05) is 20.3 Å². The van der Waals surface area contributed by atoms with E-state index in [0.29, 0.717) is 19.6 Å². The van der Waals surface area contributed by atoms with E-state index in [2.05, 4.69) is 10.6 Å². The van der Waals surface area contributed by atoms with Crippen molar-refractivity contribution in [1.82, 2.24) is 10.6 Å². The fraction of sp³-hybridized carbons (Fsp3) is 0.833. The summed E-state index contributed by atoms with van der Waals surface area (Å²) in [6.45, 7) is 6.66. The first-order chi connectivity index (χ1) is 8.38. The summed E-state index contributed by atoms with van der Waals surface area (Å²) in [7, 11) is 0. The van der Waals surface area contributed by atoms with Crippen LogP contribution in [0.2, 0.25) is 0 Å². The number of carboxylic acid groups (broad SMARTS) is 1. The number of aliphatic carboxylic acids is 1. The van der Waals surface area contributed by atoms with Gasteiger partial charge in [0.2, 0.25) is 0 Å². The average Bonchev–Trinajstić information content (AvgIpc) is 2.71. The maximum Gasteiger partial charge on any atom is 0.326 e. The van der Waals surface area contributed by atoms with Gasteiger partial charge in [-0.25, -0.2) is 9.59 Å². The summed E-state index contributed by atoms with van der Waals surface area (Å²) in [5.41, 5.74) is -0.400. The Morgan fingerprint density at radius 2 is 2.17 bits per heavy atom. The highest BCUT2D eigenvalue weighted by atomic mass is 16.5. The average molecular weight is 258 g/mol. The molecule has 0 aromatic heterocycles. The van der Waals surface area contributed by atoms with Crippen LogP contribution in [0, 0.1) is 5.92 Å². The highest BCUT2D eigenvalue weighted by Gasteiger charge is 2.33. The van der Waals surface area contributed by atoms with E-state index in [4.69, 9.17) is 9.84 Å². The zero-order valence-corrected chi connectivity index (χ0v) is 11.2. The Labute approximate surface area is 107 Å². The number of urea groups is 1. The molecule has 2 amide bonds. The number of nitrogens with one attached hydrogen (secondary N) is 2. The number of amides is 2. The van der Waals surface area contributed by atoms with Gasteiger partial charge in [-0.3, -0.25) is 0 Å². The maximum absolute atomic E-state index is 11.8. The Morgan fingerprint density at radius 1 is 1.50 bits per heavy atom. The quantitative estimate of drug-likeness (QED) is 0.685. The maximum atomic E-state index is 11.8. The van der Waals surface area contributed by atoms with Gasteiger partial charge in [0, 0.05) is 6.61 Å². The van der Waals surface area contributed by atoms with Crippen molar-refractivity contribution in [2.75, 3.05) is 13.2 Å². The summed E-state index contributed by atoms with van der Waals surface area (Å²) in [6.07, 6.45) is 1.43. The number of hydrogen-bond donors (Lipinski definition) is 3. The van der Waals surface area contributed by atoms with Crippen LogP contribution in [0.3, 0.4) is 0 Å². The third-order valence-corrected chi connectivity index (χ3v) is 3.40. The van der Waals surface area contributed by atoms with Crippen LogP contribution in [0.5, 0.6) is 0 Å². The Bertz CT molecular complexity index is 313. The second-order valence-electron chi connectivity index (χ2n) is 5.16. The van der Waals surface area contributed by atoms with Gasteiger partial charge in [0.25, 0.3) is 0 Å². The molecule has 1 rings (SSSR count). The van der Waals surface area contributed by atoms with E-state index in [-0.39, 0.29) is 5.92 Å². The van der Waals surface area contributed by atoms with Gasteiger partial charge in [0.05, 0.1) is 12.1 Å². The van der Waals surface area contributed by atoms with Gasteiger partial charge in [0.15, 0.2) is 0 Å². The van der Waals surface area contributed by atoms with Crippen molar-refractivity contribution in [2.45, 2.75) is 45.2 Å². The van der Waals surface area contributed by atoms with Crippen LogP contribution in [0.1, 0.15) is 33.6 Å². The molecular weight excluding hydrogens is 236 g/mol. The zero-order chi connectivity index (χ0) is 13.8. The predicted octanol–water partition coefficient (Wildman–Crippen LogP) is 0.964. The fourth-order valence-corrected chi connectivity index (χ4v) is 1.90. The van der Waals surface area contributed by atoms with E-state index in [1.54, 1.807) is 6.92 Å². The number of ether oxygens (including phenoxy) is 1. The van der Waals surface area contributed by atoms with Crippen molar-refractivity contribution in [3.05, 3.63) is 0 Å². The molecule has 3 unspecified atom stereocenters. The first kappa shape index (κ1) is 14.8. The smallest absolute Gasteiger partial charge is 0.326 e. The summed E-state index contributed by atoms with van der Waals surface area (Å²) in [5.74, 6) is -1.12. The molecule has 0 aliphatic carbocycles. The lowest BCUT2D eigenvalue weighted by Crippen LogP contribution is -2.55. The van der Waals surface area contributed by atoms with Crippen molar-refractivity contribution in [3.63, 3.8) is 0 Å². The lowest BCUT2D eigenvalue weighted by Gasteiger charge is -2.26. The first-order valence-corrected chi connectivity index (χ1v) is 6.27. The Morgan fingerprint density at radius 3 is 2.61 bits per heavy atom. The largest absolute Gasteiger partial charge is 0.480 e. The molecule has 0 aromatic carbocycles. The summed E-state index contributed by atoms with van der Waals surface area (Å²) in [5, 5.41) is 14.4. The van der Waals surface area contributed by atoms with Crippen LogP contribution in [0.25, 0.3) is 0 Å². The molecule has 6 heteroatoms. The van der Waals surface area contributed by atoms with E-state index < -0.39 is 23.6 Å². The highest BCUT2D eigenvalue weighted by molar-refractivity contribution is 5.83. The van der Waals surface area contributed by atoms with Crippen molar-refractivity contribution in [2.24, 2.45) is 5.92 Å². The first-order valence-electron chi connectivity index (χ1n) is 6.27. The van der Waals surface area contributed by atoms with E-state index in [1.807, 2.05) is 13.8 Å². The molecular formula is C12H22N2O4. The summed E-state index contributed by atoms with van der Waals surface area (Å²) < 4.78 is 5.22. The van der Waals surface area contributed by atoms with Crippen LogP contribution < -0.4 is 10.6 Å². The monoisotopic (exact) mass is 258 g/mol. The molecule has 6 nitrogen and oxygen atoms in total. The fourth-order valence-electron chi connectivity index (χ4n) is 1.90. The lowest BCUT2D eigenvalue weighted by atomic mass is 9.99. The molecule has 0 bridgehead atoms. The van der Waals surface area contributed by atoms with Gasteiger partial charge in [-0.15, -0.1) is 0 Å². The standard InChI is InChI=1S/C12H22N2O4/c1-4-8(2)9(10(15)16)13-11(17)14-12(3)5-6-18-7-12/h8-9H,4-7H2,1-3H3,(H,15,16)(H2,13,14,17). The van der Waals surface area contributed by atoms with Crippen LogP contribution in [-0.4, -0.2) is 41.9 Å². The topological polar surface area (TPSA) is 87.7 Å². The SMILES string of the molecule is CCC(C)C(NC(=O)NC1(C)CCOC1)C(=O)O. The Hall–Kier alpha value is -1.30. The third-order valence-electron chi connectivity index (χ3n) is 3.40. The predicted molar refractivity (Wildman–Crippen MR) is 66.4 cm³/mol. The van der Waals surface area contributed by atoms with Crippen LogP contribution in [0.15, 0.2) is 0 Å². The second kappa shape index (κ2) is 6.04. The Balaban J connectivity index is 2.53. The number of carboxylic acids is 1. The molecule has 0 saturated carbocycles. The second-order valence-corrected chi connectivity index (χ2v) is 5.16.